The summed E-state index contributed by atoms with van der Waals surface area (Å²) in [4.78, 5) is 8.33. The van der Waals surface area contributed by atoms with Crippen LogP contribution in [0.5, 0.6) is 0 Å². The molecule has 0 aromatic rings. The van der Waals surface area contributed by atoms with Crippen molar-refractivity contribution in [3.8, 4) is 0 Å². The first-order valence-electron chi connectivity index (χ1n) is 0.864. The van der Waals surface area contributed by atoms with Gasteiger partial charge in [-0.25, -0.2) is 0 Å². The van der Waals surface area contributed by atoms with Crippen molar-refractivity contribution in [1.82, 2.24) is 0 Å². The molecule has 0 aliphatic carbocycles. The molecule has 52 valence electrons. The largest absolute Gasteiger partial charge is 0.870 e. The molecule has 0 amide bonds. The Morgan fingerprint density at radius 1 is 1.38 bits per heavy atom. The first-order valence-corrected chi connectivity index (χ1v) is 3.73. The van der Waals surface area contributed by atoms with Crippen LogP contribution in [-0.2, 0) is 12.9 Å². The Morgan fingerprint density at radius 3 is 1.38 bits per heavy atom. The monoisotopic (exact) mass is 206 g/mol. The number of hydrogen-bond acceptors (Lipinski definition) is 4. The topological polar surface area (TPSA) is 93.2 Å². The fourth-order valence-electron chi connectivity index (χ4n) is 0. The molecule has 0 aliphatic rings. The molecule has 0 atom stereocenters. The van der Waals surface area contributed by atoms with E-state index in [1.54, 1.807) is 0 Å². The Hall–Kier alpha value is 0.316. The van der Waals surface area contributed by atoms with Crippen LogP contribution in [0, 0.1) is 0 Å². The molecule has 1 N–H and O–H groups in total. The van der Waals surface area contributed by atoms with Gasteiger partial charge in [0.25, 0.3) is 0 Å². The normalized spacial score (nSPS) is 5.25. The summed E-state index contributed by atoms with van der Waals surface area (Å²) in [5, 5.41) is 16.7. The predicted octanol–water partition coefficient (Wildman–Crippen LogP) is -1.25. The van der Waals surface area contributed by atoms with Gasteiger partial charge < -0.3 is 20.5 Å². The van der Waals surface area contributed by atoms with Crippen molar-refractivity contribution in [3.05, 3.63) is 0 Å². The van der Waals surface area contributed by atoms with Crippen molar-refractivity contribution in [2.24, 2.45) is 0 Å². The van der Waals surface area contributed by atoms with E-state index >= 15 is 0 Å². The van der Waals surface area contributed by atoms with Crippen LogP contribution in [-0.4, -0.2) is 11.6 Å². The van der Waals surface area contributed by atoms with Crippen LogP contribution in [0.3, 0.4) is 0 Å². The summed E-state index contributed by atoms with van der Waals surface area (Å²) in [5.41, 5.74) is 0. The van der Waals surface area contributed by atoms with Gasteiger partial charge in [-0.15, -0.1) is 0 Å². The van der Waals surface area contributed by atoms with E-state index < -0.39 is 6.16 Å². The van der Waals surface area contributed by atoms with E-state index in [1.807, 2.05) is 0 Å². The van der Waals surface area contributed by atoms with E-state index in [9.17, 15) is 0 Å². The molecule has 0 saturated carbocycles. The van der Waals surface area contributed by atoms with Gasteiger partial charge in [0.05, 0.1) is 0 Å². The zero-order valence-corrected chi connectivity index (χ0v) is 5.81. The molecule has 4 nitrogen and oxygen atoms in total. The average molecular weight is 207 g/mol. The molecule has 7 heteroatoms. The molecule has 0 aliphatic heterocycles. The standard InChI is InChI=1S/CH2O3.2ClH.Co.H2O/c2-1(3)4;;;;/h(H2,2,3,4);2*1H;;1H2/q;;;+5;/p-5. The summed E-state index contributed by atoms with van der Waals surface area (Å²) in [6.07, 6.45) is -2.33. The number of halogens is 2. The van der Waals surface area contributed by atoms with Gasteiger partial charge in [-0.1, -0.05) is 0 Å². The minimum atomic E-state index is -2.33. The molecule has 0 saturated heterocycles. The average Bonchev–Trinajstić information content (AvgIpc) is 1.33. The Bertz CT molecular complexity index is 45.3. The van der Waals surface area contributed by atoms with Crippen molar-refractivity contribution in [2.75, 3.05) is 0 Å². The molecule has 0 aromatic heterocycles. The number of rotatable bonds is 0. The van der Waals surface area contributed by atoms with Gasteiger partial charge in [0.1, 0.15) is 0 Å². The second-order valence-electron chi connectivity index (χ2n) is 0.298. The molecule has 8 heavy (non-hydrogen) atoms. The first kappa shape index (κ1) is 15.8. The van der Waals surface area contributed by atoms with Crippen molar-refractivity contribution in [2.45, 2.75) is 0 Å². The molecule has 0 fully saturated rings. The van der Waals surface area contributed by atoms with E-state index in [0.717, 1.165) is 0 Å². The molecule has 0 rings (SSSR count). The van der Waals surface area contributed by atoms with Crippen LogP contribution in [0.1, 0.15) is 0 Å². The second kappa shape index (κ2) is 15.7. The van der Waals surface area contributed by atoms with Crippen molar-refractivity contribution >= 4 is 26.4 Å². The molecule has 0 radical (unpaired) electrons. The molecular formula is CHCl2CoO4. The Kier molecular flexibility index (Phi) is 30.8. The van der Waals surface area contributed by atoms with Gasteiger partial charge in [-0.3, -0.25) is 0 Å². The fourth-order valence-corrected chi connectivity index (χ4v) is 0. The Balaban J connectivity index is -0.0000000575. The maximum absolute atomic E-state index is 8.33. The van der Waals surface area contributed by atoms with E-state index in [0.29, 0.717) is 12.9 Å². The van der Waals surface area contributed by atoms with E-state index in [1.165, 1.54) is 0 Å². The minimum absolute atomic E-state index is 0. The molecule has 0 aromatic carbocycles. The zero-order valence-electron chi connectivity index (χ0n) is 3.26. The van der Waals surface area contributed by atoms with Crippen LogP contribution in [0.4, 0.5) is 4.79 Å². The predicted molar refractivity (Wildman–Crippen MR) is 19.0 cm³/mol. The maximum Gasteiger partial charge on any atom is -0.870 e. The zero-order chi connectivity index (χ0) is 6.28. The third-order valence-corrected chi connectivity index (χ3v) is 0. The summed E-state index contributed by atoms with van der Waals surface area (Å²) in [6, 6.07) is 0. The summed E-state index contributed by atoms with van der Waals surface area (Å²) in [7, 11) is 9.47. The number of carbonyl (C=O) groups excluding carboxylic acids is 1. The number of hydrogen-bond donors (Lipinski definition) is 0. The summed E-state index contributed by atoms with van der Waals surface area (Å²) in [6.45, 7) is 0. The second-order valence-corrected chi connectivity index (χ2v) is 2.02. The van der Waals surface area contributed by atoms with Gasteiger partial charge >= 0.3 is 33.2 Å². The van der Waals surface area contributed by atoms with Gasteiger partial charge in [0.2, 0.25) is 0 Å². The third kappa shape index (κ3) is 1780. The maximum atomic E-state index is 8.33. The fraction of sp³-hybridized carbons (Fsp3) is 0. The molecular weight excluding hydrogens is 206 g/mol. The van der Waals surface area contributed by atoms with Crippen LogP contribution in [0.15, 0.2) is 0 Å². The number of carbonyl (C=O) groups is 1. The SMILES string of the molecule is O=C([O-])[O-].[Cl][Co+3][Cl].[OH-]. The van der Waals surface area contributed by atoms with Crippen molar-refractivity contribution in [1.29, 1.82) is 0 Å². The van der Waals surface area contributed by atoms with Crippen LogP contribution in [0.2, 0.25) is 0 Å². The van der Waals surface area contributed by atoms with E-state index in [2.05, 4.69) is 0 Å². The molecule has 0 unspecified atom stereocenters. The van der Waals surface area contributed by atoms with Crippen LogP contribution in [0.25, 0.3) is 0 Å². The summed E-state index contributed by atoms with van der Waals surface area (Å²) >= 11 is 0.382. The molecule has 0 spiro atoms. The molecule has 0 heterocycles. The quantitative estimate of drug-likeness (QED) is 0.495. The summed E-state index contributed by atoms with van der Waals surface area (Å²) < 4.78 is 0. The van der Waals surface area contributed by atoms with Crippen molar-refractivity contribution in [3.63, 3.8) is 0 Å². The minimum Gasteiger partial charge on any atom is -0.870 e. The first-order chi connectivity index (χ1) is 3.15. The summed E-state index contributed by atoms with van der Waals surface area (Å²) in [5.74, 6) is 0. The van der Waals surface area contributed by atoms with Crippen molar-refractivity contribution < 1.29 is 33.4 Å². The number of carboxylic acid groups (broad SMARTS) is 2. The van der Waals surface area contributed by atoms with Crippen LogP contribution < -0.4 is 10.2 Å². The molecule has 0 bridgehead atoms. The van der Waals surface area contributed by atoms with Gasteiger partial charge in [0.15, 0.2) is 0 Å². The smallest absolute Gasteiger partial charge is 0.870 e. The van der Waals surface area contributed by atoms with Gasteiger partial charge in [-0.05, 0) is 6.16 Å². The van der Waals surface area contributed by atoms with E-state index in [-0.39, 0.29) is 5.48 Å². The Morgan fingerprint density at radius 2 is 1.38 bits per heavy atom. The Labute approximate surface area is 60.2 Å². The van der Waals surface area contributed by atoms with Crippen LogP contribution >= 0.6 is 20.3 Å². The van der Waals surface area contributed by atoms with Gasteiger partial charge in [0, 0.05) is 0 Å². The third-order valence-electron chi connectivity index (χ3n) is 0. The van der Waals surface area contributed by atoms with Gasteiger partial charge in [-0.2, -0.15) is 0 Å². The van der Waals surface area contributed by atoms with E-state index in [4.69, 9.17) is 35.3 Å².